The van der Waals surface area contributed by atoms with E-state index in [4.69, 9.17) is 18.9 Å². The molecular formula is C40H58O4. The van der Waals surface area contributed by atoms with Crippen LogP contribution in [0.4, 0.5) is 0 Å². The Bertz CT molecular complexity index is 1170. The van der Waals surface area contributed by atoms with Crippen LogP contribution in [0.5, 0.6) is 11.5 Å². The maximum absolute atomic E-state index is 7.48. The van der Waals surface area contributed by atoms with Crippen LogP contribution in [-0.2, 0) is 20.3 Å². The Balaban J connectivity index is 1.23. The van der Waals surface area contributed by atoms with Gasteiger partial charge in [0.15, 0.2) is 0 Å². The highest BCUT2D eigenvalue weighted by atomic mass is 16.6. The average Bonchev–Trinajstić information content (AvgIpc) is 3.82. The second-order valence-corrected chi connectivity index (χ2v) is 19.8. The third-order valence-corrected chi connectivity index (χ3v) is 13.9. The van der Waals surface area contributed by atoms with Crippen molar-refractivity contribution in [3.8, 4) is 11.5 Å². The zero-order valence-electron chi connectivity index (χ0n) is 28.5. The Hall–Kier alpha value is -1.26. The molecule has 242 valence electrons. The van der Waals surface area contributed by atoms with E-state index in [2.05, 4.69) is 53.7 Å². The molecule has 1 aromatic carbocycles. The number of benzene rings is 1. The molecule has 2 heterocycles. The minimum atomic E-state index is -0.00653. The van der Waals surface area contributed by atoms with Crippen LogP contribution in [0, 0.1) is 46.3 Å². The molecule has 4 nitrogen and oxygen atoms in total. The smallest absolute Gasteiger partial charge is 0.132 e. The van der Waals surface area contributed by atoms with E-state index in [0.717, 1.165) is 60.2 Å². The van der Waals surface area contributed by atoms with Crippen molar-refractivity contribution in [2.45, 2.75) is 154 Å². The molecule has 10 fully saturated rings. The fourth-order valence-electron chi connectivity index (χ4n) is 12.8. The molecular weight excluding hydrogens is 544 g/mol. The molecule has 4 heteroatoms. The molecule has 4 atom stereocenters. The first-order valence-corrected chi connectivity index (χ1v) is 18.6. The van der Waals surface area contributed by atoms with Crippen molar-refractivity contribution in [2.75, 3.05) is 13.2 Å². The second-order valence-electron chi connectivity index (χ2n) is 19.8. The summed E-state index contributed by atoms with van der Waals surface area (Å²) in [5, 5.41) is 0. The first-order valence-electron chi connectivity index (χ1n) is 18.6. The fraction of sp³-hybridized carbons (Fsp3) is 0.850. The van der Waals surface area contributed by atoms with E-state index in [1.54, 1.807) is 0 Å². The standard InChI is InChI=1S/C40H58O4/c1-37(2,3)35(32-21-41-32)43-30-13-29(39-15-23-7-24(16-39)9-25(8-23)17-39)14-31(44-36(33-22-42-33)38(4,5)6)34(30)40-18-26-10-27(19-40)12-28(11-26)20-40/h13-14,23-28,32-33,35-36H,7-12,15-22H2,1-6H3. The van der Waals surface area contributed by atoms with Crippen LogP contribution >= 0.6 is 0 Å². The van der Waals surface area contributed by atoms with Crippen LogP contribution in [-0.4, -0.2) is 37.6 Å². The molecule has 8 aliphatic carbocycles. The highest BCUT2D eigenvalue weighted by molar-refractivity contribution is 5.56. The van der Waals surface area contributed by atoms with Gasteiger partial charge in [0.05, 0.1) is 13.2 Å². The van der Waals surface area contributed by atoms with Gasteiger partial charge < -0.3 is 18.9 Å². The van der Waals surface area contributed by atoms with E-state index in [-0.39, 0.29) is 46.1 Å². The number of hydrogen-bond acceptors (Lipinski definition) is 4. The van der Waals surface area contributed by atoms with Gasteiger partial charge in [-0.15, -0.1) is 0 Å². The third kappa shape index (κ3) is 4.89. The Morgan fingerprint density at radius 2 is 0.886 bits per heavy atom. The molecule has 2 saturated heterocycles. The van der Waals surface area contributed by atoms with Crippen molar-refractivity contribution in [3.05, 3.63) is 23.3 Å². The highest BCUT2D eigenvalue weighted by Gasteiger charge is 2.57. The lowest BCUT2D eigenvalue weighted by atomic mass is 9.47. The first kappa shape index (κ1) is 28.9. The SMILES string of the molecule is CC(C)(C)C(Oc1cc(C23CC4CC(CC(C4)C2)C3)cc(OC(C2CO2)C(C)(C)C)c1C12CC3CC(CC(C3)C1)C2)C1CO1. The molecule has 0 radical (unpaired) electrons. The summed E-state index contributed by atoms with van der Waals surface area (Å²) in [6.45, 7) is 15.7. The third-order valence-electron chi connectivity index (χ3n) is 13.9. The largest absolute Gasteiger partial charge is 0.487 e. The van der Waals surface area contributed by atoms with Gasteiger partial charge in [0.25, 0.3) is 0 Å². The minimum absolute atomic E-state index is 0.00653. The molecule has 8 bridgehead atoms. The topological polar surface area (TPSA) is 43.5 Å². The molecule has 8 saturated carbocycles. The normalized spacial score (nSPS) is 44.5. The molecule has 44 heavy (non-hydrogen) atoms. The predicted molar refractivity (Wildman–Crippen MR) is 173 cm³/mol. The van der Waals surface area contributed by atoms with Crippen molar-refractivity contribution in [2.24, 2.45) is 46.3 Å². The highest BCUT2D eigenvalue weighted by Crippen LogP contribution is 2.66. The van der Waals surface area contributed by atoms with E-state index >= 15 is 0 Å². The van der Waals surface area contributed by atoms with Crippen molar-refractivity contribution >= 4 is 0 Å². The van der Waals surface area contributed by atoms with E-state index in [1.807, 2.05) is 0 Å². The molecule has 1 aromatic rings. The van der Waals surface area contributed by atoms with Gasteiger partial charge >= 0.3 is 0 Å². The van der Waals surface area contributed by atoms with Crippen molar-refractivity contribution in [1.29, 1.82) is 0 Å². The average molecular weight is 603 g/mol. The molecule has 0 aromatic heterocycles. The molecule has 0 spiro atoms. The molecule has 2 aliphatic heterocycles. The van der Waals surface area contributed by atoms with E-state index < -0.39 is 0 Å². The molecule has 10 aliphatic rings. The van der Waals surface area contributed by atoms with Gasteiger partial charge in [-0.25, -0.2) is 0 Å². The quantitative estimate of drug-likeness (QED) is 0.279. The van der Waals surface area contributed by atoms with Crippen molar-refractivity contribution < 1.29 is 18.9 Å². The lowest BCUT2D eigenvalue weighted by Gasteiger charge is -2.58. The van der Waals surface area contributed by atoms with Gasteiger partial charge in [-0.05, 0) is 136 Å². The first-order chi connectivity index (χ1) is 20.9. The lowest BCUT2D eigenvalue weighted by Crippen LogP contribution is -2.50. The fourth-order valence-corrected chi connectivity index (χ4v) is 12.8. The van der Waals surface area contributed by atoms with E-state index in [0.29, 0.717) is 0 Å². The predicted octanol–water partition coefficient (Wildman–Crippen LogP) is 9.01. The number of hydrogen-bond donors (Lipinski definition) is 0. The number of epoxide rings is 2. The summed E-state index contributed by atoms with van der Waals surface area (Å²) in [6.07, 6.45) is 17.2. The zero-order valence-corrected chi connectivity index (χ0v) is 28.5. The summed E-state index contributed by atoms with van der Waals surface area (Å²) in [5.41, 5.74) is 3.41. The summed E-state index contributed by atoms with van der Waals surface area (Å²) < 4.78 is 26.9. The molecule has 0 N–H and O–H groups in total. The van der Waals surface area contributed by atoms with Gasteiger partial charge in [0.1, 0.15) is 35.9 Å². The second kappa shape index (κ2) is 9.65. The summed E-state index contributed by atoms with van der Waals surface area (Å²) in [5.74, 6) is 7.62. The summed E-state index contributed by atoms with van der Waals surface area (Å²) in [6, 6.07) is 5.18. The van der Waals surface area contributed by atoms with Gasteiger partial charge in [0, 0.05) is 21.8 Å². The monoisotopic (exact) mass is 602 g/mol. The van der Waals surface area contributed by atoms with Crippen LogP contribution in [0.2, 0.25) is 0 Å². The van der Waals surface area contributed by atoms with Gasteiger partial charge in [0.2, 0.25) is 0 Å². The Kier molecular flexibility index (Phi) is 6.34. The summed E-state index contributed by atoms with van der Waals surface area (Å²) in [7, 11) is 0. The van der Waals surface area contributed by atoms with Gasteiger partial charge in [-0.1, -0.05) is 41.5 Å². The Labute approximate surface area is 266 Å². The molecule has 0 amide bonds. The molecule has 11 rings (SSSR count). The van der Waals surface area contributed by atoms with E-state index in [9.17, 15) is 0 Å². The van der Waals surface area contributed by atoms with Crippen LogP contribution in [0.15, 0.2) is 12.1 Å². The van der Waals surface area contributed by atoms with Gasteiger partial charge in [-0.3, -0.25) is 0 Å². The minimum Gasteiger partial charge on any atom is -0.487 e. The zero-order chi connectivity index (χ0) is 30.2. The van der Waals surface area contributed by atoms with Crippen LogP contribution in [0.25, 0.3) is 0 Å². The lowest BCUT2D eigenvalue weighted by molar-refractivity contribution is -0.0145. The van der Waals surface area contributed by atoms with Crippen molar-refractivity contribution in [1.82, 2.24) is 0 Å². The van der Waals surface area contributed by atoms with Crippen LogP contribution in [0.1, 0.15) is 130 Å². The maximum atomic E-state index is 7.48. The van der Waals surface area contributed by atoms with Crippen LogP contribution in [0.3, 0.4) is 0 Å². The number of ether oxygens (including phenoxy) is 4. The Morgan fingerprint density at radius 1 is 0.568 bits per heavy atom. The Morgan fingerprint density at radius 3 is 1.18 bits per heavy atom. The van der Waals surface area contributed by atoms with Gasteiger partial charge in [-0.2, -0.15) is 0 Å². The number of rotatable bonds is 8. The summed E-state index contributed by atoms with van der Waals surface area (Å²) in [4.78, 5) is 0. The molecule has 4 unspecified atom stereocenters. The van der Waals surface area contributed by atoms with Crippen LogP contribution < -0.4 is 9.47 Å². The summed E-state index contributed by atoms with van der Waals surface area (Å²) >= 11 is 0. The van der Waals surface area contributed by atoms with E-state index in [1.165, 1.54) is 88.2 Å². The maximum Gasteiger partial charge on any atom is 0.132 e. The van der Waals surface area contributed by atoms with Crippen molar-refractivity contribution in [3.63, 3.8) is 0 Å².